The Labute approximate surface area is 177 Å². The van der Waals surface area contributed by atoms with Crippen LogP contribution in [0.3, 0.4) is 0 Å². The molecule has 2 heterocycles. The molecule has 0 radical (unpaired) electrons. The lowest BCUT2D eigenvalue weighted by Gasteiger charge is -2.45. The second-order valence-electron chi connectivity index (χ2n) is 7.83. The molecule has 8 heteroatoms. The average molecular weight is 419 g/mol. The second-order valence-corrected chi connectivity index (χ2v) is 9.18. The first kappa shape index (κ1) is 18.8. The Morgan fingerprint density at radius 2 is 2.27 bits per heavy atom. The smallest absolute Gasteiger partial charge is 0.236 e. The highest BCUT2D eigenvalue weighted by Gasteiger charge is 2.73. The number of aliphatic imine (C=N–C) groups is 1. The summed E-state index contributed by atoms with van der Waals surface area (Å²) in [5.41, 5.74) is 9.00. The molecular weight excluding hydrogens is 401 g/mol. The zero-order chi connectivity index (χ0) is 21.1. The van der Waals surface area contributed by atoms with Gasteiger partial charge in [0.2, 0.25) is 5.91 Å². The normalized spacial score (nSPS) is 28.5. The lowest BCUT2D eigenvalue weighted by molar-refractivity contribution is -0.121. The maximum atomic E-state index is 14.7. The van der Waals surface area contributed by atoms with E-state index in [-0.39, 0.29) is 17.5 Å². The van der Waals surface area contributed by atoms with Gasteiger partial charge in [0.05, 0.1) is 16.8 Å². The monoisotopic (exact) mass is 419 g/mol. The van der Waals surface area contributed by atoms with Crippen LogP contribution in [0.1, 0.15) is 34.4 Å². The van der Waals surface area contributed by atoms with E-state index in [0.29, 0.717) is 16.3 Å². The van der Waals surface area contributed by atoms with E-state index in [9.17, 15) is 9.18 Å². The number of aromatic nitrogens is 1. The Morgan fingerprint density at radius 3 is 2.97 bits per heavy atom. The summed E-state index contributed by atoms with van der Waals surface area (Å²) in [6, 6.07) is 10.8. The van der Waals surface area contributed by atoms with Crippen molar-refractivity contribution in [3.63, 3.8) is 0 Å². The van der Waals surface area contributed by atoms with Gasteiger partial charge in [-0.05, 0) is 47.4 Å². The van der Waals surface area contributed by atoms with Crippen LogP contribution >= 0.6 is 11.8 Å². The van der Waals surface area contributed by atoms with Gasteiger partial charge in [0.15, 0.2) is 5.17 Å². The first-order valence-corrected chi connectivity index (χ1v) is 10.4. The van der Waals surface area contributed by atoms with Gasteiger partial charge in [-0.3, -0.25) is 14.8 Å². The highest BCUT2D eigenvalue weighted by Crippen LogP contribution is 2.69. The Morgan fingerprint density at radius 1 is 1.43 bits per heavy atom. The third-order valence-corrected chi connectivity index (χ3v) is 7.49. The van der Waals surface area contributed by atoms with Crippen LogP contribution in [0.5, 0.6) is 0 Å². The molecule has 1 fully saturated rings. The molecule has 3 atom stereocenters. The summed E-state index contributed by atoms with van der Waals surface area (Å²) in [6.45, 7) is 0. The number of rotatable bonds is 3. The average Bonchev–Trinajstić information content (AvgIpc) is 3.49. The number of amidine groups is 1. The van der Waals surface area contributed by atoms with Crippen molar-refractivity contribution in [2.24, 2.45) is 16.6 Å². The number of halogens is 1. The summed E-state index contributed by atoms with van der Waals surface area (Å²) in [4.78, 5) is 21.3. The molecule has 1 amide bonds. The minimum atomic E-state index is -0.554. The molecule has 1 aliphatic heterocycles. The van der Waals surface area contributed by atoms with E-state index in [1.165, 1.54) is 36.2 Å². The van der Waals surface area contributed by atoms with Crippen LogP contribution in [-0.2, 0) is 16.8 Å². The largest absolute Gasteiger partial charge is 0.378 e. The van der Waals surface area contributed by atoms with Gasteiger partial charge < -0.3 is 11.1 Å². The number of thioether (sulfide) groups is 1. The fourth-order valence-corrected chi connectivity index (χ4v) is 6.02. The topological polar surface area (TPSA) is 104 Å². The number of amides is 1. The molecule has 30 heavy (non-hydrogen) atoms. The fraction of sp³-hybridized carbons (Fsp3) is 0.273. The van der Waals surface area contributed by atoms with Crippen molar-refractivity contribution >= 4 is 34.7 Å². The maximum Gasteiger partial charge on any atom is 0.236 e. The molecular formula is C22H18FN5OS. The number of hydrogen-bond acceptors (Lipinski definition) is 6. The van der Waals surface area contributed by atoms with Gasteiger partial charge in [0, 0.05) is 25.6 Å². The standard InChI is InChI=1S/C22H18FN5OS/c1-26-19(29)22-9-18(22)21(28-20(25)30-22)8-14-4-2-12(6-15(14)21)7-16(23)17-5-3-13(10-24)11-27-17/h2-7,11,18H,8-9H2,1H3,(H2,25,28)(H,26,29)/b16-7-/t18-,21+,22-/m0/s1. The van der Waals surface area contributed by atoms with Gasteiger partial charge in [0.1, 0.15) is 16.6 Å². The number of carbonyl (C=O) groups is 1. The van der Waals surface area contributed by atoms with Crippen LogP contribution in [0.4, 0.5) is 4.39 Å². The van der Waals surface area contributed by atoms with Crippen molar-refractivity contribution in [1.82, 2.24) is 10.3 Å². The van der Waals surface area contributed by atoms with Crippen molar-refractivity contribution < 1.29 is 9.18 Å². The molecule has 3 N–H and O–H groups in total. The van der Waals surface area contributed by atoms with E-state index in [1.54, 1.807) is 7.05 Å². The van der Waals surface area contributed by atoms with E-state index in [0.717, 1.165) is 24.0 Å². The number of nitriles is 1. The molecule has 150 valence electrons. The quantitative estimate of drug-likeness (QED) is 0.796. The SMILES string of the molecule is CNC(=O)[C@]12C[C@H]1[C@]1(Cc3ccc(/C=C(\F)c4ccc(C#N)cn4)cc31)N=C(N)S2. The van der Waals surface area contributed by atoms with Crippen molar-refractivity contribution in [3.8, 4) is 6.07 Å². The number of nitrogens with zero attached hydrogens (tertiary/aromatic N) is 3. The van der Waals surface area contributed by atoms with Crippen LogP contribution in [-0.4, -0.2) is 27.9 Å². The zero-order valence-corrected chi connectivity index (χ0v) is 17.0. The fourth-order valence-electron chi connectivity index (χ4n) is 4.66. The Bertz CT molecular complexity index is 1190. The molecule has 2 aromatic rings. The molecule has 1 aromatic heterocycles. The second kappa shape index (κ2) is 6.41. The van der Waals surface area contributed by atoms with Gasteiger partial charge in [-0.2, -0.15) is 5.26 Å². The molecule has 1 saturated carbocycles. The van der Waals surface area contributed by atoms with Crippen LogP contribution in [0.25, 0.3) is 11.9 Å². The van der Waals surface area contributed by atoms with Crippen LogP contribution in [0, 0.1) is 17.2 Å². The number of benzene rings is 1. The number of pyridine rings is 1. The molecule has 0 bridgehead atoms. The van der Waals surface area contributed by atoms with Gasteiger partial charge in [0.25, 0.3) is 0 Å². The molecule has 0 saturated heterocycles. The maximum absolute atomic E-state index is 14.7. The van der Waals surface area contributed by atoms with E-state index >= 15 is 0 Å². The number of nitrogens with two attached hydrogens (primary N) is 1. The molecule has 3 aliphatic rings. The third-order valence-electron chi connectivity index (χ3n) is 6.19. The molecule has 6 nitrogen and oxygen atoms in total. The number of hydrogen-bond donors (Lipinski definition) is 2. The lowest BCUT2D eigenvalue weighted by atomic mass is 9.66. The van der Waals surface area contributed by atoms with Gasteiger partial charge >= 0.3 is 0 Å². The van der Waals surface area contributed by atoms with Crippen molar-refractivity contribution in [2.45, 2.75) is 23.1 Å². The summed E-state index contributed by atoms with van der Waals surface area (Å²) >= 11 is 1.35. The van der Waals surface area contributed by atoms with Gasteiger partial charge in [-0.1, -0.05) is 23.9 Å². The highest BCUT2D eigenvalue weighted by atomic mass is 32.2. The van der Waals surface area contributed by atoms with Crippen molar-refractivity contribution in [3.05, 3.63) is 64.5 Å². The van der Waals surface area contributed by atoms with Crippen molar-refractivity contribution in [2.75, 3.05) is 7.05 Å². The number of nitrogens with one attached hydrogen (secondary N) is 1. The Hall–Kier alpha value is -3.18. The third kappa shape index (κ3) is 2.58. The first-order valence-electron chi connectivity index (χ1n) is 9.55. The van der Waals surface area contributed by atoms with E-state index in [4.69, 9.17) is 16.0 Å². The van der Waals surface area contributed by atoms with Gasteiger partial charge in [-0.25, -0.2) is 4.39 Å². The van der Waals surface area contributed by atoms with E-state index in [1.807, 2.05) is 24.3 Å². The summed E-state index contributed by atoms with van der Waals surface area (Å²) < 4.78 is 14.2. The number of carbonyl (C=O) groups excluding carboxylic acids is 1. The van der Waals surface area contributed by atoms with Crippen LogP contribution in [0.15, 0.2) is 41.5 Å². The summed E-state index contributed by atoms with van der Waals surface area (Å²) in [6.07, 6.45) is 4.23. The molecule has 1 spiro atoms. The molecule has 2 aliphatic carbocycles. The predicted molar refractivity (Wildman–Crippen MR) is 114 cm³/mol. The first-order chi connectivity index (χ1) is 14.4. The minimum Gasteiger partial charge on any atom is -0.378 e. The summed E-state index contributed by atoms with van der Waals surface area (Å²) in [5, 5.41) is 12.0. The number of fused-ring (bicyclic) bond motifs is 4. The predicted octanol–water partition coefficient (Wildman–Crippen LogP) is 2.74. The summed E-state index contributed by atoms with van der Waals surface area (Å²) in [7, 11) is 1.64. The summed E-state index contributed by atoms with van der Waals surface area (Å²) in [5.74, 6) is -0.419. The van der Waals surface area contributed by atoms with Crippen LogP contribution in [0.2, 0.25) is 0 Å². The van der Waals surface area contributed by atoms with E-state index < -0.39 is 16.1 Å². The highest BCUT2D eigenvalue weighted by molar-refractivity contribution is 8.15. The molecule has 5 rings (SSSR count). The zero-order valence-electron chi connectivity index (χ0n) is 16.1. The van der Waals surface area contributed by atoms with E-state index in [2.05, 4.69) is 10.3 Å². The minimum absolute atomic E-state index is 0.0165. The Balaban J connectivity index is 1.49. The van der Waals surface area contributed by atoms with Crippen LogP contribution < -0.4 is 11.1 Å². The lowest BCUT2D eigenvalue weighted by Crippen LogP contribution is -2.49. The van der Waals surface area contributed by atoms with Gasteiger partial charge in [-0.15, -0.1) is 0 Å². The molecule has 1 aromatic carbocycles. The van der Waals surface area contributed by atoms with Crippen molar-refractivity contribution in [1.29, 1.82) is 5.26 Å². The molecule has 0 unspecified atom stereocenters. The Kier molecular flexibility index (Phi) is 4.02.